The number of benzene rings is 1. The zero-order valence-electron chi connectivity index (χ0n) is 15.9. The van der Waals surface area contributed by atoms with Crippen LogP contribution in [0.4, 0.5) is 0 Å². The van der Waals surface area contributed by atoms with Crippen molar-refractivity contribution in [2.24, 2.45) is 0 Å². The average molecular weight is 418 g/mol. The van der Waals surface area contributed by atoms with E-state index in [1.807, 2.05) is 36.9 Å². The van der Waals surface area contributed by atoms with Crippen LogP contribution in [-0.4, -0.2) is 43.3 Å². The monoisotopic (exact) mass is 417 g/mol. The molecular formula is C20H23N3O3S2. The van der Waals surface area contributed by atoms with E-state index in [9.17, 15) is 13.2 Å². The first kappa shape index (κ1) is 19.2. The van der Waals surface area contributed by atoms with Gasteiger partial charge in [-0.1, -0.05) is 6.07 Å². The summed E-state index contributed by atoms with van der Waals surface area (Å²) in [6.45, 7) is 5.16. The van der Waals surface area contributed by atoms with E-state index in [0.717, 1.165) is 22.2 Å². The number of sulfonamides is 1. The number of likely N-dealkylation sites (tertiary alicyclic amines) is 1. The number of carbonyl (C=O) groups is 1. The number of aromatic nitrogens is 1. The number of hydrogen-bond acceptors (Lipinski definition) is 4. The highest BCUT2D eigenvalue weighted by Gasteiger charge is 2.27. The van der Waals surface area contributed by atoms with Crippen LogP contribution in [0.3, 0.4) is 0 Å². The number of carbonyl (C=O) groups excluding carboxylic acids is 1. The van der Waals surface area contributed by atoms with E-state index in [1.54, 1.807) is 17.5 Å². The quantitative estimate of drug-likeness (QED) is 0.682. The number of thiophene rings is 1. The molecule has 4 rings (SSSR count). The summed E-state index contributed by atoms with van der Waals surface area (Å²) in [5.74, 6) is -0.000262. The van der Waals surface area contributed by atoms with Crippen molar-refractivity contribution in [3.63, 3.8) is 0 Å². The molecule has 1 amide bonds. The number of fused-ring (bicyclic) bond motifs is 1. The fourth-order valence-electron chi connectivity index (χ4n) is 3.67. The minimum atomic E-state index is -3.47. The maximum Gasteiger partial charge on any atom is 0.253 e. The predicted molar refractivity (Wildman–Crippen MR) is 111 cm³/mol. The Morgan fingerprint density at radius 2 is 1.96 bits per heavy atom. The second-order valence-electron chi connectivity index (χ2n) is 7.26. The molecule has 0 spiro atoms. The first-order valence-corrected chi connectivity index (χ1v) is 11.7. The van der Waals surface area contributed by atoms with Crippen LogP contribution in [0.5, 0.6) is 0 Å². The van der Waals surface area contributed by atoms with E-state index >= 15 is 0 Å². The predicted octanol–water partition coefficient (Wildman–Crippen LogP) is 3.43. The SMILES string of the molecule is Cc1[nH]c2ccc(C(=O)N3CCC(NS(=O)(=O)c4cccs4)CC3)cc2c1C. The van der Waals surface area contributed by atoms with E-state index in [1.165, 1.54) is 11.3 Å². The number of nitrogens with zero attached hydrogens (tertiary/aromatic N) is 1. The molecule has 28 heavy (non-hydrogen) atoms. The van der Waals surface area contributed by atoms with Gasteiger partial charge in [0.15, 0.2) is 0 Å². The van der Waals surface area contributed by atoms with Crippen LogP contribution in [0.2, 0.25) is 0 Å². The van der Waals surface area contributed by atoms with Crippen LogP contribution in [0.1, 0.15) is 34.5 Å². The zero-order valence-corrected chi connectivity index (χ0v) is 17.5. The van der Waals surface area contributed by atoms with Gasteiger partial charge in [0.25, 0.3) is 5.91 Å². The van der Waals surface area contributed by atoms with E-state index in [4.69, 9.17) is 0 Å². The molecule has 8 heteroatoms. The Morgan fingerprint density at radius 3 is 2.64 bits per heavy atom. The van der Waals surface area contributed by atoms with Gasteiger partial charge in [0.2, 0.25) is 10.0 Å². The van der Waals surface area contributed by atoms with Gasteiger partial charge in [-0.25, -0.2) is 13.1 Å². The Hall–Kier alpha value is -2.16. The molecule has 1 aromatic carbocycles. The van der Waals surface area contributed by atoms with E-state index in [2.05, 4.69) is 9.71 Å². The van der Waals surface area contributed by atoms with Crippen molar-refractivity contribution in [2.75, 3.05) is 13.1 Å². The summed E-state index contributed by atoms with van der Waals surface area (Å²) < 4.78 is 27.8. The van der Waals surface area contributed by atoms with Gasteiger partial charge in [-0.3, -0.25) is 4.79 Å². The van der Waals surface area contributed by atoms with Crippen LogP contribution in [0, 0.1) is 13.8 Å². The number of hydrogen-bond donors (Lipinski definition) is 2. The summed E-state index contributed by atoms with van der Waals surface area (Å²) in [5, 5.41) is 2.82. The van der Waals surface area contributed by atoms with Crippen molar-refractivity contribution >= 4 is 38.2 Å². The first-order chi connectivity index (χ1) is 13.3. The third-order valence-electron chi connectivity index (χ3n) is 5.42. The van der Waals surface area contributed by atoms with Crippen molar-refractivity contribution in [2.45, 2.75) is 36.9 Å². The third kappa shape index (κ3) is 3.59. The fourth-order valence-corrected chi connectivity index (χ4v) is 5.99. The number of amides is 1. The van der Waals surface area contributed by atoms with Gasteiger partial charge in [0, 0.05) is 41.3 Å². The number of rotatable bonds is 4. The van der Waals surface area contributed by atoms with Gasteiger partial charge < -0.3 is 9.88 Å². The van der Waals surface area contributed by atoms with E-state index in [-0.39, 0.29) is 11.9 Å². The van der Waals surface area contributed by atoms with Gasteiger partial charge in [-0.15, -0.1) is 11.3 Å². The highest BCUT2D eigenvalue weighted by molar-refractivity contribution is 7.91. The standard InChI is InChI=1S/C20H23N3O3S2/c1-13-14(2)21-18-6-5-15(12-17(13)18)20(24)23-9-7-16(8-10-23)22-28(25,26)19-4-3-11-27-19/h3-6,11-12,16,21-22H,7-10H2,1-2H3. The molecular weight excluding hydrogens is 394 g/mol. The summed E-state index contributed by atoms with van der Waals surface area (Å²) in [6, 6.07) is 8.93. The molecule has 0 aliphatic carbocycles. The normalized spacial score (nSPS) is 16.0. The number of nitrogens with one attached hydrogen (secondary N) is 2. The molecule has 1 aliphatic heterocycles. The molecule has 2 aromatic heterocycles. The van der Waals surface area contributed by atoms with Gasteiger partial charge in [-0.2, -0.15) is 0 Å². The van der Waals surface area contributed by atoms with Crippen LogP contribution < -0.4 is 4.72 Å². The van der Waals surface area contributed by atoms with Crippen molar-refractivity contribution in [3.8, 4) is 0 Å². The second-order valence-corrected chi connectivity index (χ2v) is 10.1. The summed E-state index contributed by atoms with van der Waals surface area (Å²) in [6.07, 6.45) is 1.22. The molecule has 0 radical (unpaired) electrons. The number of aryl methyl sites for hydroxylation is 2. The largest absolute Gasteiger partial charge is 0.358 e. The number of H-pyrrole nitrogens is 1. The lowest BCUT2D eigenvalue weighted by atomic mass is 10.0. The topological polar surface area (TPSA) is 82.3 Å². The lowest BCUT2D eigenvalue weighted by molar-refractivity contribution is 0.0711. The highest BCUT2D eigenvalue weighted by Crippen LogP contribution is 2.24. The molecule has 1 saturated heterocycles. The molecule has 3 aromatic rings. The first-order valence-electron chi connectivity index (χ1n) is 9.29. The minimum Gasteiger partial charge on any atom is -0.358 e. The van der Waals surface area contributed by atoms with Crippen LogP contribution in [-0.2, 0) is 10.0 Å². The number of aromatic amines is 1. The molecule has 0 atom stereocenters. The van der Waals surface area contributed by atoms with Gasteiger partial charge in [0.1, 0.15) is 4.21 Å². The van der Waals surface area contributed by atoms with Crippen LogP contribution >= 0.6 is 11.3 Å². The molecule has 0 saturated carbocycles. The Morgan fingerprint density at radius 1 is 1.21 bits per heavy atom. The van der Waals surface area contributed by atoms with Gasteiger partial charge >= 0.3 is 0 Å². The van der Waals surface area contributed by atoms with Crippen LogP contribution in [0.15, 0.2) is 39.9 Å². The Labute approximate surface area is 168 Å². The molecule has 1 fully saturated rings. The van der Waals surface area contributed by atoms with Crippen molar-refractivity contribution < 1.29 is 13.2 Å². The third-order valence-corrected chi connectivity index (χ3v) is 8.34. The molecule has 3 heterocycles. The van der Waals surface area contributed by atoms with Crippen molar-refractivity contribution in [3.05, 3.63) is 52.5 Å². The molecule has 0 unspecified atom stereocenters. The molecule has 1 aliphatic rings. The number of piperidine rings is 1. The maximum atomic E-state index is 12.9. The fraction of sp³-hybridized carbons (Fsp3) is 0.350. The maximum absolute atomic E-state index is 12.9. The molecule has 6 nitrogen and oxygen atoms in total. The Kier molecular flexibility index (Phi) is 5.03. The molecule has 0 bridgehead atoms. The van der Waals surface area contributed by atoms with E-state index in [0.29, 0.717) is 35.7 Å². The van der Waals surface area contributed by atoms with Gasteiger partial charge in [0.05, 0.1) is 0 Å². The Balaban J connectivity index is 1.42. The summed E-state index contributed by atoms with van der Waals surface area (Å²) in [5.41, 5.74) is 3.98. The molecule has 2 N–H and O–H groups in total. The average Bonchev–Trinajstić information content (AvgIpc) is 3.31. The Bertz CT molecular complexity index is 1110. The van der Waals surface area contributed by atoms with Crippen molar-refractivity contribution in [1.29, 1.82) is 0 Å². The summed E-state index contributed by atoms with van der Waals surface area (Å²) >= 11 is 1.21. The second kappa shape index (κ2) is 7.35. The van der Waals surface area contributed by atoms with Crippen LogP contribution in [0.25, 0.3) is 10.9 Å². The zero-order chi connectivity index (χ0) is 19.9. The van der Waals surface area contributed by atoms with Crippen molar-refractivity contribution in [1.82, 2.24) is 14.6 Å². The lowest BCUT2D eigenvalue weighted by Gasteiger charge is -2.32. The smallest absolute Gasteiger partial charge is 0.253 e. The minimum absolute atomic E-state index is 0.000262. The van der Waals surface area contributed by atoms with E-state index < -0.39 is 10.0 Å². The summed E-state index contributed by atoms with van der Waals surface area (Å²) in [4.78, 5) is 18.1. The summed E-state index contributed by atoms with van der Waals surface area (Å²) in [7, 11) is -3.47. The van der Waals surface area contributed by atoms with Gasteiger partial charge in [-0.05, 0) is 61.9 Å². The highest BCUT2D eigenvalue weighted by atomic mass is 32.2. The lowest BCUT2D eigenvalue weighted by Crippen LogP contribution is -2.46. The molecule has 148 valence electrons.